The summed E-state index contributed by atoms with van der Waals surface area (Å²) in [6.45, 7) is 5.88. The highest BCUT2D eigenvalue weighted by molar-refractivity contribution is 7.91. The van der Waals surface area contributed by atoms with Gasteiger partial charge >= 0.3 is 6.09 Å². The first-order valence-corrected chi connectivity index (χ1v) is 21.0. The Morgan fingerprint density at radius 1 is 1.05 bits per heavy atom. The van der Waals surface area contributed by atoms with E-state index in [1.165, 1.54) is 6.07 Å². The number of fused-ring (bicyclic) bond motifs is 1. The van der Waals surface area contributed by atoms with Gasteiger partial charge in [-0.25, -0.2) is 32.0 Å². The molecule has 0 radical (unpaired) electrons. The average Bonchev–Trinajstić information content (AvgIpc) is 4.00. The first-order chi connectivity index (χ1) is 26.7. The number of nitrogens with zero attached hydrogens (tertiary/aromatic N) is 3. The molecule has 19 heteroatoms. The molecule has 1 aliphatic heterocycles. The van der Waals surface area contributed by atoms with Crippen molar-refractivity contribution in [3.63, 3.8) is 0 Å². The molecule has 0 bridgehead atoms. The molecule has 2 aromatic rings. The van der Waals surface area contributed by atoms with Gasteiger partial charge in [0.25, 0.3) is 11.8 Å². The summed E-state index contributed by atoms with van der Waals surface area (Å²) in [5.74, 6) is -9.64. The number of halogens is 4. The number of carbonyl (C=O) groups is 4. The van der Waals surface area contributed by atoms with Gasteiger partial charge in [0.15, 0.2) is 5.69 Å². The fourth-order valence-electron chi connectivity index (χ4n) is 7.77. The topological polar surface area (TPSA) is 197 Å². The number of hydrogen-bond donors (Lipinski definition) is 4. The standard InChI is InChI=1S/C38H50F4N6O8S.3H2/c1-5-22-26(56-32-28(43-24-11-6-7-12-25(24)44-32)38(41,42)17-9-8-10-20-13-14-20)19-48(33(50)29(36(2,3)4)45-35(52)53)27(22)31(49)46-37(18-23(37)30(39)40)34(51)47-57(54,55)21-15-16-21;;;/h6-7,11-12,20-23,26-27,29-30,45H,5,8-10,13-19H2,1-4H3,(H,46,49)(H,47,51)(H,52,53);3*1H/t22-,23+,26+,27+,29-,37-;;;/m1.../s1. The van der Waals surface area contributed by atoms with Crippen molar-refractivity contribution in [2.24, 2.45) is 23.2 Å². The Balaban J connectivity index is 0.00000320. The van der Waals surface area contributed by atoms with Gasteiger partial charge in [0.05, 0.1) is 28.7 Å². The van der Waals surface area contributed by atoms with E-state index in [0.717, 1.165) is 24.2 Å². The Labute approximate surface area is 332 Å². The third kappa shape index (κ3) is 9.22. The fraction of sp³-hybridized carbons (Fsp3) is 0.684. The summed E-state index contributed by atoms with van der Waals surface area (Å²) in [6.07, 6.45) is -2.64. The van der Waals surface area contributed by atoms with E-state index in [1.54, 1.807) is 45.9 Å². The maximum absolute atomic E-state index is 16.1. The molecule has 0 spiro atoms. The summed E-state index contributed by atoms with van der Waals surface area (Å²) in [5, 5.41) is 13.3. The van der Waals surface area contributed by atoms with Crippen molar-refractivity contribution in [1.29, 1.82) is 0 Å². The van der Waals surface area contributed by atoms with Crippen LogP contribution in [0.5, 0.6) is 5.88 Å². The summed E-state index contributed by atoms with van der Waals surface area (Å²) >= 11 is 0. The summed E-state index contributed by atoms with van der Waals surface area (Å²) in [4.78, 5) is 63.9. The number of carboxylic acid groups (broad SMARTS) is 1. The minimum atomic E-state index is -4.21. The summed E-state index contributed by atoms with van der Waals surface area (Å²) in [5.41, 5.74) is -3.75. The molecular weight excluding hydrogens is 777 g/mol. The lowest BCUT2D eigenvalue weighted by Crippen LogP contribution is -2.61. The largest absolute Gasteiger partial charge is 0.471 e. The number of unbranched alkanes of at least 4 members (excludes halogenated alkanes) is 1. The van der Waals surface area contributed by atoms with Gasteiger partial charge in [0, 0.05) is 16.6 Å². The number of nitrogens with one attached hydrogen (secondary N) is 3. The molecule has 0 unspecified atom stereocenters. The average molecular weight is 833 g/mol. The Bertz CT molecular complexity index is 2010. The molecule has 2 heterocycles. The number of carbonyl (C=O) groups excluding carboxylic acids is 3. The molecule has 4 aliphatic rings. The predicted octanol–water partition coefficient (Wildman–Crippen LogP) is 5.85. The number of aromatic nitrogens is 2. The van der Waals surface area contributed by atoms with Crippen LogP contribution in [0.15, 0.2) is 24.3 Å². The zero-order valence-corrected chi connectivity index (χ0v) is 33.1. The quantitative estimate of drug-likeness (QED) is 0.111. The first kappa shape index (κ1) is 42.3. The summed E-state index contributed by atoms with van der Waals surface area (Å²) in [7, 11) is -4.21. The number of ether oxygens (including phenoxy) is 1. The third-order valence-corrected chi connectivity index (χ3v) is 13.3. The van der Waals surface area contributed by atoms with Gasteiger partial charge in [-0.2, -0.15) is 8.78 Å². The van der Waals surface area contributed by atoms with Crippen molar-refractivity contribution in [2.45, 2.75) is 133 Å². The van der Waals surface area contributed by atoms with Crippen LogP contribution in [0.4, 0.5) is 22.4 Å². The molecule has 4 amide bonds. The number of hydrogen-bond acceptors (Lipinski definition) is 9. The van der Waals surface area contributed by atoms with Crippen molar-refractivity contribution >= 4 is 44.9 Å². The first-order valence-electron chi connectivity index (χ1n) is 19.5. The number of rotatable bonds is 17. The van der Waals surface area contributed by atoms with Gasteiger partial charge in [-0.15, -0.1) is 0 Å². The number of alkyl halides is 4. The van der Waals surface area contributed by atoms with Gasteiger partial charge in [0.2, 0.25) is 34.1 Å². The lowest BCUT2D eigenvalue weighted by atomic mass is 9.85. The van der Waals surface area contributed by atoms with E-state index in [-0.39, 0.29) is 41.0 Å². The Morgan fingerprint density at radius 3 is 2.25 bits per heavy atom. The second-order valence-electron chi connectivity index (χ2n) is 17.0. The molecule has 4 N–H and O–H groups in total. The second-order valence-corrected chi connectivity index (χ2v) is 18.9. The van der Waals surface area contributed by atoms with Crippen LogP contribution in [0.3, 0.4) is 0 Å². The zero-order valence-electron chi connectivity index (χ0n) is 32.3. The van der Waals surface area contributed by atoms with Crippen LogP contribution in [-0.2, 0) is 30.3 Å². The van der Waals surface area contributed by atoms with Crippen LogP contribution >= 0.6 is 0 Å². The van der Waals surface area contributed by atoms with Gasteiger partial charge in [0.1, 0.15) is 23.7 Å². The van der Waals surface area contributed by atoms with E-state index in [9.17, 15) is 41.5 Å². The van der Waals surface area contributed by atoms with Crippen LogP contribution < -0.4 is 20.1 Å². The Morgan fingerprint density at radius 2 is 1.70 bits per heavy atom. The molecule has 57 heavy (non-hydrogen) atoms. The van der Waals surface area contributed by atoms with E-state index in [0.29, 0.717) is 12.3 Å². The lowest BCUT2D eigenvalue weighted by Gasteiger charge is -2.35. The maximum atomic E-state index is 16.1. The highest BCUT2D eigenvalue weighted by Crippen LogP contribution is 2.49. The van der Waals surface area contributed by atoms with Crippen LogP contribution in [0, 0.1) is 23.2 Å². The molecular formula is C38H56F4N6O8S. The van der Waals surface area contributed by atoms with Crippen molar-refractivity contribution in [3.05, 3.63) is 30.0 Å². The van der Waals surface area contributed by atoms with E-state index in [4.69, 9.17) is 4.74 Å². The smallest absolute Gasteiger partial charge is 0.405 e. The number of sulfonamides is 1. The van der Waals surface area contributed by atoms with Crippen LogP contribution in [-0.4, -0.2) is 94.2 Å². The normalized spacial score (nSPS) is 25.6. The fourth-order valence-corrected chi connectivity index (χ4v) is 9.14. The second kappa shape index (κ2) is 15.8. The third-order valence-electron chi connectivity index (χ3n) is 11.5. The van der Waals surface area contributed by atoms with Crippen LogP contribution in [0.1, 0.15) is 102 Å². The maximum Gasteiger partial charge on any atom is 0.405 e. The molecule has 320 valence electrons. The molecule has 6 rings (SSSR count). The van der Waals surface area contributed by atoms with E-state index >= 15 is 8.78 Å². The van der Waals surface area contributed by atoms with Crippen LogP contribution in [0.25, 0.3) is 11.0 Å². The minimum absolute atomic E-state index is 0. The van der Waals surface area contributed by atoms with Crippen molar-refractivity contribution in [1.82, 2.24) is 30.2 Å². The Hall–Kier alpha value is -4.29. The van der Waals surface area contributed by atoms with Crippen LogP contribution in [0.2, 0.25) is 0 Å². The molecule has 6 atom stereocenters. The number of para-hydroxylation sites is 2. The zero-order chi connectivity index (χ0) is 41.7. The summed E-state index contributed by atoms with van der Waals surface area (Å²) in [6, 6.07) is 3.26. The Kier molecular flexibility index (Phi) is 11.7. The van der Waals surface area contributed by atoms with Gasteiger partial charge < -0.3 is 25.4 Å². The van der Waals surface area contributed by atoms with Crippen molar-refractivity contribution in [2.75, 3.05) is 6.54 Å². The monoisotopic (exact) mass is 832 g/mol. The van der Waals surface area contributed by atoms with Crippen molar-refractivity contribution < 1.29 is 59.3 Å². The highest BCUT2D eigenvalue weighted by atomic mass is 32.2. The number of likely N-dealkylation sites (tertiary alicyclic amines) is 1. The van der Waals surface area contributed by atoms with Gasteiger partial charge in [-0.1, -0.05) is 65.5 Å². The number of amides is 4. The van der Waals surface area contributed by atoms with E-state index < -0.39 is 123 Å². The highest BCUT2D eigenvalue weighted by Gasteiger charge is 2.67. The molecule has 1 aromatic heterocycles. The van der Waals surface area contributed by atoms with Gasteiger partial charge in [-0.05, 0) is 55.6 Å². The SMILES string of the molecule is CC[C@@H]1[C@@H](Oc2nc3ccccc3nc2C(F)(F)CCCCC2CC2)CN(C(=O)[C@@H](NC(=O)O)C(C)(C)C)[C@@H]1C(=O)N[C@]1(C(=O)NS(=O)(=O)C2CC2)C[C@H]1C(F)F.[HH].[HH].[HH]. The molecule has 4 fully saturated rings. The predicted molar refractivity (Wildman–Crippen MR) is 204 cm³/mol. The van der Waals surface area contributed by atoms with Gasteiger partial charge in [-0.3, -0.25) is 19.1 Å². The summed E-state index contributed by atoms with van der Waals surface area (Å²) < 4.78 is 94.1. The molecule has 3 saturated carbocycles. The molecule has 14 nitrogen and oxygen atoms in total. The minimum Gasteiger partial charge on any atom is -0.471 e. The van der Waals surface area contributed by atoms with Crippen molar-refractivity contribution in [3.8, 4) is 5.88 Å². The van der Waals surface area contributed by atoms with E-state index in [2.05, 4.69) is 20.6 Å². The molecule has 3 aliphatic carbocycles. The number of benzene rings is 1. The lowest BCUT2D eigenvalue weighted by molar-refractivity contribution is -0.143. The molecule has 1 saturated heterocycles. The molecule has 1 aromatic carbocycles. The van der Waals surface area contributed by atoms with E-state index in [1.807, 2.05) is 4.72 Å².